The van der Waals surface area contributed by atoms with Crippen LogP contribution in [0.2, 0.25) is 0 Å². The van der Waals surface area contributed by atoms with Gasteiger partial charge in [0.05, 0.1) is 32.8 Å². The van der Waals surface area contributed by atoms with Crippen molar-refractivity contribution in [2.45, 2.75) is 38.3 Å². The fourth-order valence-electron chi connectivity index (χ4n) is 2.47. The molecule has 26 heavy (non-hydrogen) atoms. The van der Waals surface area contributed by atoms with Gasteiger partial charge in [0.25, 0.3) is 0 Å². The highest BCUT2D eigenvalue weighted by Crippen LogP contribution is 2.14. The summed E-state index contributed by atoms with van der Waals surface area (Å²) in [7, 11) is 1.33. The number of esters is 1. The molecule has 0 unspecified atom stereocenters. The summed E-state index contributed by atoms with van der Waals surface area (Å²) < 4.78 is 16.2. The van der Waals surface area contributed by atoms with Gasteiger partial charge in [-0.15, -0.1) is 0 Å². The van der Waals surface area contributed by atoms with E-state index < -0.39 is 12.2 Å². The molecule has 2 aromatic carbocycles. The zero-order chi connectivity index (χ0) is 18.6. The van der Waals surface area contributed by atoms with Gasteiger partial charge in [-0.2, -0.15) is 0 Å². The Kier molecular flexibility index (Phi) is 8.52. The van der Waals surface area contributed by atoms with Crippen molar-refractivity contribution in [2.75, 3.05) is 7.11 Å². The Morgan fingerprint density at radius 3 is 1.96 bits per heavy atom. The summed E-state index contributed by atoms with van der Waals surface area (Å²) in [6.45, 7) is 0.681. The van der Waals surface area contributed by atoms with E-state index in [0.717, 1.165) is 17.4 Å². The highest BCUT2D eigenvalue weighted by Gasteiger charge is 2.21. The van der Waals surface area contributed by atoms with E-state index in [9.17, 15) is 9.59 Å². The Morgan fingerprint density at radius 2 is 1.46 bits per heavy atom. The van der Waals surface area contributed by atoms with Crippen LogP contribution in [0, 0.1) is 0 Å². The molecule has 2 rings (SSSR count). The quantitative estimate of drug-likeness (QED) is 0.457. The van der Waals surface area contributed by atoms with Crippen LogP contribution in [0.4, 0.5) is 0 Å². The number of benzene rings is 2. The number of carbonyl (C=O) groups excluding carboxylic acids is 2. The molecule has 0 aromatic heterocycles. The second kappa shape index (κ2) is 11.2. The standard InChI is InChI=1S/C21H24O5/c1-24-21(23)13-19(25-15-17-8-4-2-5-9-17)12-20(14-22)26-16-18-10-6-3-7-11-18/h2-11,14,19-20H,12-13,15-16H2,1H3/t19-,20+/m1/s1. The van der Waals surface area contributed by atoms with Crippen LogP contribution in [-0.2, 0) is 37.0 Å². The smallest absolute Gasteiger partial charge is 0.308 e. The lowest BCUT2D eigenvalue weighted by Crippen LogP contribution is -2.27. The zero-order valence-electron chi connectivity index (χ0n) is 14.9. The van der Waals surface area contributed by atoms with Gasteiger partial charge in [-0.25, -0.2) is 0 Å². The number of hydrogen-bond acceptors (Lipinski definition) is 5. The summed E-state index contributed by atoms with van der Waals surface area (Å²) in [6, 6.07) is 19.3. The predicted octanol–water partition coefficient (Wildman–Crippen LogP) is 3.31. The highest BCUT2D eigenvalue weighted by atomic mass is 16.5. The molecule has 0 bridgehead atoms. The number of aldehydes is 1. The van der Waals surface area contributed by atoms with E-state index in [-0.39, 0.29) is 18.8 Å². The summed E-state index contributed by atoms with van der Waals surface area (Å²) in [4.78, 5) is 23.0. The van der Waals surface area contributed by atoms with Gasteiger partial charge in [0.15, 0.2) is 0 Å². The van der Waals surface area contributed by atoms with Crippen LogP contribution in [-0.4, -0.2) is 31.6 Å². The summed E-state index contributed by atoms with van der Waals surface area (Å²) >= 11 is 0. The van der Waals surface area contributed by atoms with Crippen molar-refractivity contribution in [1.82, 2.24) is 0 Å². The van der Waals surface area contributed by atoms with Crippen molar-refractivity contribution in [3.8, 4) is 0 Å². The van der Waals surface area contributed by atoms with Crippen molar-refractivity contribution in [3.63, 3.8) is 0 Å². The minimum absolute atomic E-state index is 0.0718. The van der Waals surface area contributed by atoms with Gasteiger partial charge in [-0.05, 0) is 11.1 Å². The first kappa shape index (κ1) is 19.8. The monoisotopic (exact) mass is 356 g/mol. The lowest BCUT2D eigenvalue weighted by molar-refractivity contribution is -0.145. The molecule has 2 atom stereocenters. The number of ether oxygens (including phenoxy) is 3. The van der Waals surface area contributed by atoms with Gasteiger partial charge in [0.2, 0.25) is 0 Å². The molecule has 0 aliphatic heterocycles. The van der Waals surface area contributed by atoms with E-state index in [4.69, 9.17) is 14.2 Å². The molecular formula is C21H24O5. The largest absolute Gasteiger partial charge is 0.469 e. The van der Waals surface area contributed by atoms with Crippen LogP contribution in [0.15, 0.2) is 60.7 Å². The molecule has 0 aliphatic rings. The van der Waals surface area contributed by atoms with E-state index in [1.807, 2.05) is 60.7 Å². The molecule has 2 aromatic rings. The van der Waals surface area contributed by atoms with E-state index in [1.165, 1.54) is 7.11 Å². The number of carbonyl (C=O) groups is 2. The normalized spacial score (nSPS) is 13.0. The van der Waals surface area contributed by atoms with Crippen LogP contribution in [0.1, 0.15) is 24.0 Å². The Balaban J connectivity index is 1.91. The number of methoxy groups -OCH3 is 1. The van der Waals surface area contributed by atoms with E-state index in [1.54, 1.807) is 0 Å². The molecule has 0 spiro atoms. The molecule has 0 N–H and O–H groups in total. The topological polar surface area (TPSA) is 61.8 Å². The average molecular weight is 356 g/mol. The third-order valence-corrected chi connectivity index (χ3v) is 3.90. The maximum absolute atomic E-state index is 11.7. The molecule has 5 nitrogen and oxygen atoms in total. The fraction of sp³-hybridized carbons (Fsp3) is 0.333. The van der Waals surface area contributed by atoms with Crippen LogP contribution in [0.3, 0.4) is 0 Å². The second-order valence-corrected chi connectivity index (χ2v) is 5.91. The van der Waals surface area contributed by atoms with Gasteiger partial charge in [0.1, 0.15) is 12.4 Å². The van der Waals surface area contributed by atoms with E-state index in [0.29, 0.717) is 13.2 Å². The van der Waals surface area contributed by atoms with Crippen molar-refractivity contribution in [3.05, 3.63) is 71.8 Å². The minimum atomic E-state index is -0.652. The van der Waals surface area contributed by atoms with Crippen molar-refractivity contribution in [2.24, 2.45) is 0 Å². The molecule has 5 heteroatoms. The molecule has 0 aliphatic carbocycles. The van der Waals surface area contributed by atoms with Gasteiger partial charge < -0.3 is 19.0 Å². The van der Waals surface area contributed by atoms with Gasteiger partial charge >= 0.3 is 5.97 Å². The third kappa shape index (κ3) is 7.17. The lowest BCUT2D eigenvalue weighted by Gasteiger charge is -2.20. The van der Waals surface area contributed by atoms with Crippen molar-refractivity contribution in [1.29, 1.82) is 0 Å². The molecule has 0 amide bonds. The van der Waals surface area contributed by atoms with Gasteiger partial charge in [-0.1, -0.05) is 60.7 Å². The van der Waals surface area contributed by atoms with E-state index in [2.05, 4.69) is 0 Å². The molecule has 0 fully saturated rings. The molecule has 0 radical (unpaired) electrons. The maximum Gasteiger partial charge on any atom is 0.308 e. The average Bonchev–Trinajstić information content (AvgIpc) is 2.70. The third-order valence-electron chi connectivity index (χ3n) is 3.90. The molecule has 138 valence electrons. The Morgan fingerprint density at radius 1 is 0.923 bits per heavy atom. The Hall–Kier alpha value is -2.50. The summed E-state index contributed by atoms with van der Waals surface area (Å²) in [5, 5.41) is 0. The first-order chi connectivity index (χ1) is 12.7. The molecule has 0 saturated heterocycles. The highest BCUT2D eigenvalue weighted by molar-refractivity contribution is 5.69. The first-order valence-electron chi connectivity index (χ1n) is 8.54. The number of rotatable bonds is 11. The van der Waals surface area contributed by atoms with E-state index >= 15 is 0 Å². The molecule has 0 saturated carbocycles. The summed E-state index contributed by atoms with van der Waals surface area (Å²) in [5.74, 6) is -0.379. The summed E-state index contributed by atoms with van der Waals surface area (Å²) in [5.41, 5.74) is 1.98. The summed E-state index contributed by atoms with van der Waals surface area (Å²) in [6.07, 6.45) is -0.00557. The van der Waals surface area contributed by atoms with Crippen LogP contribution < -0.4 is 0 Å². The maximum atomic E-state index is 11.7. The van der Waals surface area contributed by atoms with Gasteiger partial charge in [0, 0.05) is 6.42 Å². The lowest BCUT2D eigenvalue weighted by atomic mass is 10.1. The zero-order valence-corrected chi connectivity index (χ0v) is 14.9. The van der Waals surface area contributed by atoms with Crippen LogP contribution in [0.5, 0.6) is 0 Å². The van der Waals surface area contributed by atoms with Crippen molar-refractivity contribution >= 4 is 12.3 Å². The Bertz CT molecular complexity index is 657. The second-order valence-electron chi connectivity index (χ2n) is 5.91. The predicted molar refractivity (Wildman–Crippen MR) is 97.4 cm³/mol. The van der Waals surface area contributed by atoms with Crippen LogP contribution >= 0.6 is 0 Å². The SMILES string of the molecule is COC(=O)C[C@@H](C[C@@H](C=O)OCc1ccccc1)OCc1ccccc1. The van der Waals surface area contributed by atoms with Gasteiger partial charge in [-0.3, -0.25) is 4.79 Å². The van der Waals surface area contributed by atoms with Crippen molar-refractivity contribution < 1.29 is 23.8 Å². The fourth-order valence-corrected chi connectivity index (χ4v) is 2.47. The number of hydrogen-bond donors (Lipinski definition) is 0. The van der Waals surface area contributed by atoms with Crippen LogP contribution in [0.25, 0.3) is 0 Å². The Labute approximate surface area is 153 Å². The minimum Gasteiger partial charge on any atom is -0.469 e. The first-order valence-corrected chi connectivity index (χ1v) is 8.54. The molecular weight excluding hydrogens is 332 g/mol. The molecule has 0 heterocycles.